The maximum absolute atomic E-state index is 12.9. The van der Waals surface area contributed by atoms with Gasteiger partial charge in [0.1, 0.15) is 5.75 Å². The maximum Gasteiger partial charge on any atom is 0.264 e. The minimum atomic E-state index is -3.66. The molecule has 4 aromatic carbocycles. The van der Waals surface area contributed by atoms with Crippen LogP contribution in [-0.2, 0) is 21.4 Å². The fourth-order valence-electron chi connectivity index (χ4n) is 3.61. The van der Waals surface area contributed by atoms with E-state index in [0.717, 1.165) is 16.3 Å². The van der Waals surface area contributed by atoms with E-state index >= 15 is 0 Å². The smallest absolute Gasteiger partial charge is 0.264 e. The molecule has 4 rings (SSSR count). The number of amides is 1. The number of hydrogen-bond acceptors (Lipinski definition) is 5. The van der Waals surface area contributed by atoms with E-state index in [-0.39, 0.29) is 23.2 Å². The molecule has 1 amide bonds. The van der Waals surface area contributed by atoms with Gasteiger partial charge in [-0.25, -0.2) is 8.42 Å². The van der Waals surface area contributed by atoms with Gasteiger partial charge < -0.3 is 10.1 Å². The second-order valence-electron chi connectivity index (χ2n) is 8.04. The molecule has 0 fully saturated rings. The Kier molecular flexibility index (Phi) is 7.94. The average Bonchev–Trinajstić information content (AvgIpc) is 2.88. The van der Waals surface area contributed by atoms with Crippen LogP contribution in [-0.4, -0.2) is 37.4 Å². The highest BCUT2D eigenvalue weighted by Crippen LogP contribution is 2.25. The number of sulfonamides is 1. The molecule has 0 aromatic heterocycles. The van der Waals surface area contributed by atoms with Crippen LogP contribution in [0.1, 0.15) is 5.56 Å². The van der Waals surface area contributed by atoms with E-state index in [2.05, 4.69) is 10.6 Å². The molecule has 0 spiro atoms. The molecule has 0 aliphatic heterocycles. The lowest BCUT2D eigenvalue weighted by Crippen LogP contribution is -2.37. The van der Waals surface area contributed by atoms with Crippen molar-refractivity contribution in [2.24, 2.45) is 0 Å². The topological polar surface area (TPSA) is 87.7 Å². The largest absolute Gasteiger partial charge is 0.483 e. The number of thiocarbonyl (C=S) groups is 1. The average molecular weight is 520 g/mol. The molecular formula is C27H25N3O4S2. The molecule has 36 heavy (non-hydrogen) atoms. The van der Waals surface area contributed by atoms with Crippen molar-refractivity contribution in [3.63, 3.8) is 0 Å². The summed E-state index contributed by atoms with van der Waals surface area (Å²) in [7, 11) is -2.12. The summed E-state index contributed by atoms with van der Waals surface area (Å²) in [6.45, 7) is 0.0564. The molecule has 0 atom stereocenters. The molecule has 9 heteroatoms. The van der Waals surface area contributed by atoms with Crippen molar-refractivity contribution in [2.75, 3.05) is 19.0 Å². The quantitative estimate of drug-likeness (QED) is 0.332. The van der Waals surface area contributed by atoms with Crippen molar-refractivity contribution in [3.05, 3.63) is 103 Å². The number of rotatable bonds is 8. The Morgan fingerprint density at radius 1 is 0.889 bits per heavy atom. The van der Waals surface area contributed by atoms with Gasteiger partial charge >= 0.3 is 0 Å². The summed E-state index contributed by atoms with van der Waals surface area (Å²) in [6, 6.07) is 28.9. The van der Waals surface area contributed by atoms with E-state index in [0.29, 0.717) is 11.4 Å². The van der Waals surface area contributed by atoms with Gasteiger partial charge in [0, 0.05) is 24.7 Å². The Morgan fingerprint density at radius 3 is 2.31 bits per heavy atom. The Morgan fingerprint density at radius 2 is 1.56 bits per heavy atom. The third-order valence-corrected chi connectivity index (χ3v) is 7.45. The van der Waals surface area contributed by atoms with Crippen LogP contribution >= 0.6 is 12.2 Å². The highest BCUT2D eigenvalue weighted by atomic mass is 32.2. The molecule has 4 aromatic rings. The Hall–Kier alpha value is -3.79. The standard InChI is InChI=1S/C27H25N3O4S2/c1-30(18-20-8-3-2-4-9-20)36(32,33)23-16-14-22(15-17-23)28-27(35)29-26(31)19-34-25-13-7-11-21-10-5-6-12-24(21)25/h2-17H,18-19H2,1H3,(H2,28,29,31,35). The molecule has 0 aliphatic carbocycles. The molecule has 0 heterocycles. The normalized spacial score (nSPS) is 11.3. The number of nitrogens with one attached hydrogen (secondary N) is 2. The lowest BCUT2D eigenvalue weighted by molar-refractivity contribution is -0.121. The summed E-state index contributed by atoms with van der Waals surface area (Å²) in [5, 5.41) is 7.47. The van der Waals surface area contributed by atoms with Gasteiger partial charge in [0.2, 0.25) is 10.0 Å². The molecule has 0 aliphatic rings. The number of nitrogens with zero attached hydrogens (tertiary/aromatic N) is 1. The summed E-state index contributed by atoms with van der Waals surface area (Å²) < 4.78 is 32.8. The predicted molar refractivity (Wildman–Crippen MR) is 145 cm³/mol. The SMILES string of the molecule is CN(Cc1ccccc1)S(=O)(=O)c1ccc(NC(=S)NC(=O)COc2cccc3ccccc23)cc1. The van der Waals surface area contributed by atoms with Gasteiger partial charge in [-0.05, 0) is 53.5 Å². The van der Waals surface area contributed by atoms with E-state index in [1.807, 2.05) is 66.7 Å². The van der Waals surface area contributed by atoms with Crippen LogP contribution in [0, 0.1) is 0 Å². The Labute approximate surface area is 215 Å². The van der Waals surface area contributed by atoms with Gasteiger partial charge in [0.05, 0.1) is 4.90 Å². The first kappa shape index (κ1) is 25.3. The summed E-state index contributed by atoms with van der Waals surface area (Å²) in [5.41, 5.74) is 1.44. The van der Waals surface area contributed by atoms with Crippen LogP contribution in [0.3, 0.4) is 0 Å². The molecule has 0 saturated carbocycles. The number of ether oxygens (including phenoxy) is 1. The van der Waals surface area contributed by atoms with Gasteiger partial charge in [-0.1, -0.05) is 66.7 Å². The maximum atomic E-state index is 12.9. The van der Waals surface area contributed by atoms with Crippen LogP contribution in [0.25, 0.3) is 10.8 Å². The predicted octanol–water partition coefficient (Wildman–Crippen LogP) is 4.55. The molecule has 0 bridgehead atoms. The first-order valence-electron chi connectivity index (χ1n) is 11.1. The molecule has 7 nitrogen and oxygen atoms in total. The van der Waals surface area contributed by atoms with Crippen molar-refractivity contribution in [1.82, 2.24) is 9.62 Å². The zero-order valence-corrected chi connectivity index (χ0v) is 21.2. The highest BCUT2D eigenvalue weighted by molar-refractivity contribution is 7.89. The zero-order chi connectivity index (χ0) is 25.5. The lowest BCUT2D eigenvalue weighted by Gasteiger charge is -2.18. The Balaban J connectivity index is 1.30. The van der Waals surface area contributed by atoms with Crippen LogP contribution in [0.2, 0.25) is 0 Å². The number of hydrogen-bond donors (Lipinski definition) is 2. The summed E-state index contributed by atoms with van der Waals surface area (Å²) >= 11 is 5.22. The number of carbonyl (C=O) groups excluding carboxylic acids is 1. The fourth-order valence-corrected chi connectivity index (χ4v) is 5.00. The molecule has 0 radical (unpaired) electrons. The highest BCUT2D eigenvalue weighted by Gasteiger charge is 2.21. The number of carbonyl (C=O) groups is 1. The monoisotopic (exact) mass is 519 g/mol. The van der Waals surface area contributed by atoms with Crippen LogP contribution in [0.4, 0.5) is 5.69 Å². The zero-order valence-electron chi connectivity index (χ0n) is 19.5. The summed E-state index contributed by atoms with van der Waals surface area (Å²) in [4.78, 5) is 12.5. The van der Waals surface area contributed by atoms with Crippen LogP contribution < -0.4 is 15.4 Å². The first-order chi connectivity index (χ1) is 17.3. The van der Waals surface area contributed by atoms with Crippen molar-refractivity contribution in [1.29, 1.82) is 0 Å². The van der Waals surface area contributed by atoms with E-state index in [4.69, 9.17) is 17.0 Å². The van der Waals surface area contributed by atoms with E-state index in [1.54, 1.807) is 25.2 Å². The van der Waals surface area contributed by atoms with Crippen molar-refractivity contribution in [2.45, 2.75) is 11.4 Å². The first-order valence-corrected chi connectivity index (χ1v) is 13.0. The number of fused-ring (bicyclic) bond motifs is 1. The van der Waals surface area contributed by atoms with Crippen molar-refractivity contribution in [3.8, 4) is 5.75 Å². The third kappa shape index (κ3) is 6.25. The summed E-state index contributed by atoms with van der Waals surface area (Å²) in [5.74, 6) is 0.193. The molecule has 0 saturated heterocycles. The van der Waals surface area contributed by atoms with E-state index in [1.165, 1.54) is 16.4 Å². The van der Waals surface area contributed by atoms with Crippen LogP contribution in [0.15, 0.2) is 102 Å². The fraction of sp³-hybridized carbons (Fsp3) is 0.111. The minimum Gasteiger partial charge on any atom is -0.483 e. The van der Waals surface area contributed by atoms with E-state index < -0.39 is 15.9 Å². The van der Waals surface area contributed by atoms with Gasteiger partial charge in [-0.3, -0.25) is 10.1 Å². The van der Waals surface area contributed by atoms with E-state index in [9.17, 15) is 13.2 Å². The third-order valence-electron chi connectivity index (χ3n) is 5.43. The minimum absolute atomic E-state index is 0.0818. The lowest BCUT2D eigenvalue weighted by atomic mass is 10.1. The molecule has 184 valence electrons. The van der Waals surface area contributed by atoms with Crippen molar-refractivity contribution >= 4 is 49.7 Å². The second-order valence-corrected chi connectivity index (χ2v) is 10.5. The van der Waals surface area contributed by atoms with Gasteiger partial charge in [0.25, 0.3) is 5.91 Å². The molecule has 2 N–H and O–H groups in total. The summed E-state index contributed by atoms with van der Waals surface area (Å²) in [6.07, 6.45) is 0. The van der Waals surface area contributed by atoms with Gasteiger partial charge in [0.15, 0.2) is 11.7 Å². The Bertz CT molecular complexity index is 1470. The number of benzene rings is 4. The second kappa shape index (κ2) is 11.3. The molecular weight excluding hydrogens is 494 g/mol. The van der Waals surface area contributed by atoms with Crippen molar-refractivity contribution < 1.29 is 17.9 Å². The molecule has 0 unspecified atom stereocenters. The van der Waals surface area contributed by atoms with Crippen LogP contribution in [0.5, 0.6) is 5.75 Å². The number of anilines is 1. The van der Waals surface area contributed by atoms with Gasteiger partial charge in [-0.2, -0.15) is 4.31 Å². The van der Waals surface area contributed by atoms with Gasteiger partial charge in [-0.15, -0.1) is 0 Å².